The maximum Gasteiger partial charge on any atom is 0.163 e. The number of anilines is 2. The minimum Gasteiger partial charge on any atom is -0.380 e. The molecule has 0 spiro atoms. The van der Waals surface area contributed by atoms with Crippen LogP contribution in [0.3, 0.4) is 0 Å². The highest BCUT2D eigenvalue weighted by atomic mass is 16.5. The number of nitrogen functional groups attached to an aromatic ring is 1. The third-order valence-corrected chi connectivity index (χ3v) is 2.66. The van der Waals surface area contributed by atoms with Crippen LogP contribution in [-0.2, 0) is 4.74 Å². The van der Waals surface area contributed by atoms with Gasteiger partial charge in [-0.3, -0.25) is 0 Å². The van der Waals surface area contributed by atoms with Crippen LogP contribution in [0.15, 0.2) is 36.4 Å². The Kier molecular flexibility index (Phi) is 5.28. The molecule has 6 heteroatoms. The third kappa shape index (κ3) is 3.91. The molecule has 0 saturated carbocycles. The van der Waals surface area contributed by atoms with Crippen molar-refractivity contribution < 1.29 is 4.74 Å². The van der Waals surface area contributed by atoms with E-state index in [-0.39, 0.29) is 0 Å². The van der Waals surface area contributed by atoms with Crippen LogP contribution < -0.4 is 16.6 Å². The summed E-state index contributed by atoms with van der Waals surface area (Å²) in [5, 5.41) is 3.19. The summed E-state index contributed by atoms with van der Waals surface area (Å²) in [7, 11) is 0. The van der Waals surface area contributed by atoms with Crippen LogP contribution in [0, 0.1) is 0 Å². The van der Waals surface area contributed by atoms with Gasteiger partial charge in [-0.15, -0.1) is 0 Å². The Balaban J connectivity index is 2.16. The minimum atomic E-state index is 0.567. The summed E-state index contributed by atoms with van der Waals surface area (Å²) in [6, 6.07) is 11.5. The highest BCUT2D eigenvalue weighted by Gasteiger charge is 2.05. The first-order chi connectivity index (χ1) is 9.83. The summed E-state index contributed by atoms with van der Waals surface area (Å²) in [5.74, 6) is 7.36. The fraction of sp³-hybridized carbons (Fsp3) is 0.286. The number of hydrogen-bond donors (Lipinski definition) is 3. The number of ether oxygens (including phenoxy) is 1. The summed E-state index contributed by atoms with van der Waals surface area (Å²) in [5.41, 5.74) is 3.50. The smallest absolute Gasteiger partial charge is 0.163 e. The molecule has 0 aliphatic heterocycles. The summed E-state index contributed by atoms with van der Waals surface area (Å²) >= 11 is 0. The van der Waals surface area contributed by atoms with Gasteiger partial charge in [0.2, 0.25) is 0 Å². The monoisotopic (exact) mass is 273 g/mol. The van der Waals surface area contributed by atoms with Gasteiger partial charge in [0.1, 0.15) is 11.6 Å². The molecular weight excluding hydrogens is 254 g/mol. The molecule has 106 valence electrons. The van der Waals surface area contributed by atoms with Crippen LogP contribution in [0.5, 0.6) is 0 Å². The van der Waals surface area contributed by atoms with E-state index in [0.717, 1.165) is 5.56 Å². The molecule has 1 aromatic carbocycles. The van der Waals surface area contributed by atoms with Crippen molar-refractivity contribution in [1.82, 2.24) is 9.97 Å². The van der Waals surface area contributed by atoms with Crippen molar-refractivity contribution in [2.24, 2.45) is 5.84 Å². The summed E-state index contributed by atoms with van der Waals surface area (Å²) in [6.07, 6.45) is 0. The molecule has 20 heavy (non-hydrogen) atoms. The number of hydrazine groups is 1. The van der Waals surface area contributed by atoms with Crippen molar-refractivity contribution in [1.29, 1.82) is 0 Å². The lowest BCUT2D eigenvalue weighted by molar-refractivity contribution is 0.158. The molecule has 0 atom stereocenters. The lowest BCUT2D eigenvalue weighted by Crippen LogP contribution is -2.13. The van der Waals surface area contributed by atoms with Crippen LogP contribution >= 0.6 is 0 Å². The Hall–Kier alpha value is -2.18. The van der Waals surface area contributed by atoms with Gasteiger partial charge < -0.3 is 15.5 Å². The van der Waals surface area contributed by atoms with Gasteiger partial charge in [-0.25, -0.2) is 15.8 Å². The van der Waals surface area contributed by atoms with Gasteiger partial charge in [0, 0.05) is 24.8 Å². The molecule has 2 aromatic rings. The van der Waals surface area contributed by atoms with Gasteiger partial charge in [-0.05, 0) is 6.92 Å². The zero-order valence-corrected chi connectivity index (χ0v) is 11.5. The Bertz CT molecular complexity index is 532. The van der Waals surface area contributed by atoms with Gasteiger partial charge in [-0.1, -0.05) is 30.3 Å². The average Bonchev–Trinajstić information content (AvgIpc) is 2.52. The molecular formula is C14H19N5O. The number of nitrogens with zero attached hydrogens (tertiary/aromatic N) is 2. The third-order valence-electron chi connectivity index (χ3n) is 2.66. The average molecular weight is 273 g/mol. The number of benzene rings is 1. The Morgan fingerprint density at radius 1 is 1.15 bits per heavy atom. The van der Waals surface area contributed by atoms with Gasteiger partial charge in [0.25, 0.3) is 0 Å². The van der Waals surface area contributed by atoms with Crippen LogP contribution in [0.1, 0.15) is 6.92 Å². The molecule has 0 amide bonds. The minimum absolute atomic E-state index is 0.567. The van der Waals surface area contributed by atoms with Gasteiger partial charge in [0.15, 0.2) is 5.82 Å². The molecule has 0 unspecified atom stereocenters. The van der Waals surface area contributed by atoms with E-state index in [2.05, 4.69) is 20.7 Å². The fourth-order valence-corrected chi connectivity index (χ4v) is 1.72. The van der Waals surface area contributed by atoms with Crippen molar-refractivity contribution in [3.05, 3.63) is 36.4 Å². The number of aromatic nitrogens is 2. The maximum atomic E-state index is 5.45. The SMILES string of the molecule is CCOCCNc1cc(NN)nc(-c2ccccc2)n1. The van der Waals surface area contributed by atoms with E-state index in [1.54, 1.807) is 6.07 Å². The van der Waals surface area contributed by atoms with Gasteiger partial charge in [0.05, 0.1) is 6.61 Å². The van der Waals surface area contributed by atoms with Crippen LogP contribution in [0.25, 0.3) is 11.4 Å². The van der Waals surface area contributed by atoms with E-state index in [0.29, 0.717) is 37.2 Å². The Morgan fingerprint density at radius 3 is 2.60 bits per heavy atom. The standard InChI is InChI=1S/C14H19N5O/c1-2-20-9-8-16-12-10-13(19-15)18-14(17-12)11-6-4-3-5-7-11/h3-7,10H,2,8-9,15H2,1H3,(H2,16,17,18,19). The molecule has 1 heterocycles. The molecule has 6 nitrogen and oxygen atoms in total. The lowest BCUT2D eigenvalue weighted by Gasteiger charge is -2.09. The first kappa shape index (κ1) is 14.2. The molecule has 0 fully saturated rings. The quantitative estimate of drug-likeness (QED) is 0.406. The second kappa shape index (κ2) is 7.42. The van der Waals surface area contributed by atoms with E-state index >= 15 is 0 Å². The van der Waals surface area contributed by atoms with E-state index in [9.17, 15) is 0 Å². The van der Waals surface area contributed by atoms with E-state index in [4.69, 9.17) is 10.6 Å². The largest absolute Gasteiger partial charge is 0.380 e. The Morgan fingerprint density at radius 2 is 1.90 bits per heavy atom. The molecule has 0 radical (unpaired) electrons. The normalized spacial score (nSPS) is 10.3. The van der Waals surface area contributed by atoms with Crippen LogP contribution in [0.4, 0.5) is 11.6 Å². The summed E-state index contributed by atoms with van der Waals surface area (Å²) in [4.78, 5) is 8.82. The van der Waals surface area contributed by atoms with Crippen molar-refractivity contribution in [2.45, 2.75) is 6.92 Å². The zero-order valence-electron chi connectivity index (χ0n) is 11.5. The number of rotatable bonds is 7. The van der Waals surface area contributed by atoms with E-state index in [1.807, 2.05) is 37.3 Å². The second-order valence-corrected chi connectivity index (χ2v) is 4.10. The van der Waals surface area contributed by atoms with Crippen LogP contribution in [-0.4, -0.2) is 29.7 Å². The van der Waals surface area contributed by atoms with Crippen molar-refractivity contribution >= 4 is 11.6 Å². The zero-order chi connectivity index (χ0) is 14.2. The molecule has 0 saturated heterocycles. The predicted octanol–water partition coefficient (Wildman–Crippen LogP) is 1.88. The second-order valence-electron chi connectivity index (χ2n) is 4.10. The first-order valence-electron chi connectivity index (χ1n) is 6.56. The predicted molar refractivity (Wildman–Crippen MR) is 80.3 cm³/mol. The highest BCUT2D eigenvalue weighted by Crippen LogP contribution is 2.19. The van der Waals surface area contributed by atoms with E-state index in [1.165, 1.54) is 0 Å². The maximum absolute atomic E-state index is 5.45. The van der Waals surface area contributed by atoms with E-state index < -0.39 is 0 Å². The summed E-state index contributed by atoms with van der Waals surface area (Å²) in [6.45, 7) is 3.99. The molecule has 0 bridgehead atoms. The van der Waals surface area contributed by atoms with Crippen molar-refractivity contribution in [3.8, 4) is 11.4 Å². The van der Waals surface area contributed by atoms with Crippen molar-refractivity contribution in [2.75, 3.05) is 30.5 Å². The Labute approximate surface area is 118 Å². The van der Waals surface area contributed by atoms with Gasteiger partial charge in [-0.2, -0.15) is 0 Å². The molecule has 2 rings (SSSR count). The van der Waals surface area contributed by atoms with Gasteiger partial charge >= 0.3 is 0 Å². The fourth-order valence-electron chi connectivity index (χ4n) is 1.72. The number of nitrogens with one attached hydrogen (secondary N) is 2. The highest BCUT2D eigenvalue weighted by molar-refractivity contribution is 5.60. The topological polar surface area (TPSA) is 85.1 Å². The lowest BCUT2D eigenvalue weighted by atomic mass is 10.2. The molecule has 0 aliphatic rings. The van der Waals surface area contributed by atoms with Crippen LogP contribution in [0.2, 0.25) is 0 Å². The molecule has 0 aliphatic carbocycles. The number of nitrogens with two attached hydrogens (primary N) is 1. The van der Waals surface area contributed by atoms with Crippen molar-refractivity contribution in [3.63, 3.8) is 0 Å². The first-order valence-corrected chi connectivity index (χ1v) is 6.56. The number of hydrogen-bond acceptors (Lipinski definition) is 6. The summed E-state index contributed by atoms with van der Waals surface area (Å²) < 4.78 is 5.28. The molecule has 4 N–H and O–H groups in total. The molecule has 1 aromatic heterocycles.